The van der Waals surface area contributed by atoms with Gasteiger partial charge in [0, 0.05) is 48.4 Å². The molecule has 4 unspecified atom stereocenters. The number of phenols is 2. The molecule has 266 valence electrons. The fourth-order valence-electron chi connectivity index (χ4n) is 6.97. The van der Waals surface area contributed by atoms with Crippen LogP contribution in [0.4, 0.5) is 0 Å². The van der Waals surface area contributed by atoms with Gasteiger partial charge in [-0.1, -0.05) is 44.7 Å². The van der Waals surface area contributed by atoms with E-state index in [0.717, 1.165) is 25.7 Å². The van der Waals surface area contributed by atoms with Crippen molar-refractivity contribution in [3.05, 3.63) is 51.6 Å². The van der Waals surface area contributed by atoms with Gasteiger partial charge < -0.3 is 45.5 Å². The SMILES string of the molecule is CCCCCCCC(=O)N/N=C(\CO)[C@]1(O)Cc2c(O)c3c(c(O)c2[C@@H](OC2CC(N)C(O)C(C)O2)C1)C(=O)c1c(OC)cccc1C3=O. The molecular formula is C35H45N3O11. The van der Waals surface area contributed by atoms with Crippen LogP contribution in [0.25, 0.3) is 0 Å². The lowest BCUT2D eigenvalue weighted by atomic mass is 9.71. The summed E-state index contributed by atoms with van der Waals surface area (Å²) < 4.78 is 17.4. The van der Waals surface area contributed by atoms with Crippen LogP contribution in [0.3, 0.4) is 0 Å². The number of ketones is 2. The van der Waals surface area contributed by atoms with Crippen molar-refractivity contribution in [3.8, 4) is 17.2 Å². The quantitative estimate of drug-likeness (QED) is 0.0631. The number of methoxy groups -OCH3 is 1. The van der Waals surface area contributed by atoms with Gasteiger partial charge in [-0.05, 0) is 19.4 Å². The van der Waals surface area contributed by atoms with Gasteiger partial charge in [-0.15, -0.1) is 0 Å². The highest BCUT2D eigenvalue weighted by atomic mass is 16.7. The van der Waals surface area contributed by atoms with E-state index in [1.807, 2.05) is 0 Å². The maximum Gasteiger partial charge on any atom is 0.240 e. The minimum absolute atomic E-state index is 0.0186. The molecule has 1 heterocycles. The van der Waals surface area contributed by atoms with Gasteiger partial charge in [0.1, 0.15) is 22.8 Å². The van der Waals surface area contributed by atoms with E-state index >= 15 is 0 Å². The zero-order valence-corrected chi connectivity index (χ0v) is 27.9. The average Bonchev–Trinajstić information content (AvgIpc) is 3.07. The number of aromatic hydroxyl groups is 2. The number of hydrogen-bond donors (Lipinski definition) is 7. The van der Waals surface area contributed by atoms with Crippen molar-refractivity contribution in [1.82, 2.24) is 5.43 Å². The monoisotopic (exact) mass is 683 g/mol. The van der Waals surface area contributed by atoms with Crippen molar-refractivity contribution < 1.29 is 54.1 Å². The standard InChI is InChI=1S/C35H45N3O11/c1-4-5-6-7-8-12-24(40)38-37-23(16-39)35(46)14-19-27(22(15-35)49-25-13-20(36)30(41)17(2)48-25)34(45)29-28(32(19)43)31(42)18-10-9-11-21(47-3)26(18)33(29)44/h9-11,17,20,22,25,30,39,41,43,45-46H,4-8,12-16,36H2,1-3H3,(H,38,40)/b37-23+/t17?,20?,22-,25?,30?,35-/m0/s1. The third-order valence-corrected chi connectivity index (χ3v) is 9.65. The number of carbonyl (C=O) groups is 3. The third-order valence-electron chi connectivity index (χ3n) is 9.65. The first-order valence-electron chi connectivity index (χ1n) is 16.7. The molecule has 1 saturated heterocycles. The summed E-state index contributed by atoms with van der Waals surface area (Å²) in [7, 11) is 1.33. The zero-order chi connectivity index (χ0) is 35.6. The summed E-state index contributed by atoms with van der Waals surface area (Å²) in [6, 6.07) is 3.68. The Labute approximate surface area is 283 Å². The molecule has 3 aliphatic rings. The Morgan fingerprint density at radius 3 is 2.49 bits per heavy atom. The highest BCUT2D eigenvalue weighted by molar-refractivity contribution is 6.31. The van der Waals surface area contributed by atoms with Gasteiger partial charge in [-0.3, -0.25) is 14.4 Å². The second kappa shape index (κ2) is 14.9. The Bertz CT molecular complexity index is 1630. The molecule has 14 nitrogen and oxygen atoms in total. The zero-order valence-electron chi connectivity index (χ0n) is 27.9. The summed E-state index contributed by atoms with van der Waals surface area (Å²) in [5, 5.41) is 60.3. The highest BCUT2D eigenvalue weighted by Crippen LogP contribution is 2.52. The Hall–Kier alpha value is -3.92. The molecule has 14 heteroatoms. The van der Waals surface area contributed by atoms with Gasteiger partial charge >= 0.3 is 0 Å². The molecular weight excluding hydrogens is 638 g/mol. The lowest BCUT2D eigenvalue weighted by Crippen LogP contribution is -2.53. The second-order valence-electron chi connectivity index (χ2n) is 13.0. The summed E-state index contributed by atoms with van der Waals surface area (Å²) >= 11 is 0. The second-order valence-corrected chi connectivity index (χ2v) is 13.0. The molecule has 2 aromatic carbocycles. The maximum absolute atomic E-state index is 13.9. The number of amides is 1. The van der Waals surface area contributed by atoms with Gasteiger partial charge in [-0.2, -0.15) is 5.10 Å². The summed E-state index contributed by atoms with van der Waals surface area (Å²) in [4.78, 5) is 40.3. The molecule has 0 saturated carbocycles. The molecule has 49 heavy (non-hydrogen) atoms. The molecule has 1 fully saturated rings. The van der Waals surface area contributed by atoms with Crippen LogP contribution in [0.15, 0.2) is 23.3 Å². The average molecular weight is 684 g/mol. The van der Waals surface area contributed by atoms with Crippen LogP contribution in [0, 0.1) is 0 Å². The first-order valence-corrected chi connectivity index (χ1v) is 16.7. The number of nitrogens with zero attached hydrogens (tertiary/aromatic N) is 1. The van der Waals surface area contributed by atoms with E-state index in [2.05, 4.69) is 17.5 Å². The number of benzene rings is 2. The van der Waals surface area contributed by atoms with Gasteiger partial charge in [0.2, 0.25) is 11.7 Å². The van der Waals surface area contributed by atoms with Gasteiger partial charge in [0.05, 0.1) is 54.4 Å². The Morgan fingerprint density at radius 2 is 1.82 bits per heavy atom. The largest absolute Gasteiger partial charge is 0.507 e. The first-order chi connectivity index (χ1) is 23.4. The molecule has 1 aliphatic heterocycles. The summed E-state index contributed by atoms with van der Waals surface area (Å²) in [6.45, 7) is 2.89. The van der Waals surface area contributed by atoms with E-state index in [1.165, 1.54) is 25.3 Å². The van der Waals surface area contributed by atoms with Gasteiger partial charge in [-0.25, -0.2) is 5.43 Å². The fraction of sp³-hybridized carbons (Fsp3) is 0.543. The van der Waals surface area contributed by atoms with E-state index in [-0.39, 0.29) is 53.0 Å². The van der Waals surface area contributed by atoms with Gasteiger partial charge in [0.25, 0.3) is 0 Å². The number of unbranched alkanes of at least 4 members (excludes halogenated alkanes) is 4. The molecule has 0 bridgehead atoms. The molecule has 1 amide bonds. The Balaban J connectivity index is 1.57. The molecule has 2 aromatic rings. The topological polar surface area (TPSA) is 230 Å². The molecule has 5 rings (SSSR count). The van der Waals surface area contributed by atoms with Crippen LogP contribution in [0.5, 0.6) is 17.2 Å². The van der Waals surface area contributed by atoms with Crippen LogP contribution in [0.2, 0.25) is 0 Å². The number of nitrogens with two attached hydrogens (primary N) is 1. The van der Waals surface area contributed by atoms with Crippen molar-refractivity contribution in [3.63, 3.8) is 0 Å². The van der Waals surface area contributed by atoms with Crippen LogP contribution in [-0.4, -0.2) is 92.6 Å². The van der Waals surface area contributed by atoms with Crippen molar-refractivity contribution in [2.24, 2.45) is 10.8 Å². The van der Waals surface area contributed by atoms with Crippen molar-refractivity contribution in [2.45, 2.75) is 108 Å². The lowest BCUT2D eigenvalue weighted by Gasteiger charge is -2.43. The smallest absolute Gasteiger partial charge is 0.240 e. The number of ether oxygens (including phenoxy) is 3. The number of hydrazone groups is 1. The minimum atomic E-state index is -2.08. The van der Waals surface area contributed by atoms with Crippen LogP contribution in [0.1, 0.15) is 114 Å². The third kappa shape index (κ3) is 6.94. The molecule has 6 atom stereocenters. The summed E-state index contributed by atoms with van der Waals surface area (Å²) in [5.74, 6) is -3.14. The van der Waals surface area contributed by atoms with Crippen LogP contribution in [-0.2, 0) is 20.7 Å². The number of nitrogens with one attached hydrogen (secondary N) is 1. The predicted octanol–water partition coefficient (Wildman–Crippen LogP) is 2.26. The molecule has 0 spiro atoms. The normalized spacial score (nSPS) is 26.5. The van der Waals surface area contributed by atoms with E-state index in [0.29, 0.717) is 6.42 Å². The van der Waals surface area contributed by atoms with Gasteiger partial charge in [0.15, 0.2) is 12.1 Å². The Morgan fingerprint density at radius 1 is 1.10 bits per heavy atom. The molecule has 2 aliphatic carbocycles. The number of phenolic OH excluding ortho intramolecular Hbond substituents is 2. The van der Waals surface area contributed by atoms with E-state index in [9.17, 15) is 39.9 Å². The van der Waals surface area contributed by atoms with Crippen molar-refractivity contribution in [1.29, 1.82) is 0 Å². The van der Waals surface area contributed by atoms with Crippen LogP contribution >= 0.6 is 0 Å². The number of hydrogen-bond acceptors (Lipinski definition) is 13. The summed E-state index contributed by atoms with van der Waals surface area (Å²) in [5.41, 5.74) is 4.93. The Kier molecular flexibility index (Phi) is 11.1. The number of carbonyl (C=O) groups excluding carboxylic acids is 3. The summed E-state index contributed by atoms with van der Waals surface area (Å²) in [6.07, 6.45) is -0.138. The fourth-order valence-corrected chi connectivity index (χ4v) is 6.97. The van der Waals surface area contributed by atoms with E-state index in [1.54, 1.807) is 6.92 Å². The highest BCUT2D eigenvalue weighted by Gasteiger charge is 2.49. The first kappa shape index (κ1) is 36.4. The molecule has 0 radical (unpaired) electrons. The molecule has 8 N–H and O–H groups in total. The van der Waals surface area contributed by atoms with Crippen molar-refractivity contribution >= 4 is 23.2 Å². The number of aliphatic hydroxyl groups excluding tert-OH is 2. The number of aliphatic hydroxyl groups is 3. The molecule has 0 aromatic heterocycles. The van der Waals surface area contributed by atoms with E-state index < -0.39 is 89.4 Å². The van der Waals surface area contributed by atoms with Crippen LogP contribution < -0.4 is 15.9 Å². The lowest BCUT2D eigenvalue weighted by molar-refractivity contribution is -0.245. The number of rotatable bonds is 12. The maximum atomic E-state index is 13.9. The minimum Gasteiger partial charge on any atom is -0.507 e. The van der Waals surface area contributed by atoms with Crippen molar-refractivity contribution in [2.75, 3.05) is 13.7 Å². The predicted molar refractivity (Wildman–Crippen MR) is 176 cm³/mol. The van der Waals surface area contributed by atoms with E-state index in [4.69, 9.17) is 19.9 Å². The number of fused-ring (bicyclic) bond motifs is 3.